The molecule has 1 aromatic carbocycles. The Morgan fingerprint density at radius 2 is 1.85 bits per heavy atom. The first-order valence-electron chi connectivity index (χ1n) is 3.21. The molecule has 5 heteroatoms. The second-order valence-corrected chi connectivity index (χ2v) is 2.21. The van der Waals surface area contributed by atoms with Crippen molar-refractivity contribution < 1.29 is 17.6 Å². The van der Waals surface area contributed by atoms with Crippen molar-refractivity contribution in [1.29, 1.82) is 0 Å². The standard InChI is InChI=1S/C8H3F4N/c1-13-5-3-2-4(9)6(7(5)10)8(11)12/h2-3,8H. The Morgan fingerprint density at radius 1 is 1.23 bits per heavy atom. The van der Waals surface area contributed by atoms with Crippen molar-refractivity contribution >= 4 is 5.69 Å². The van der Waals surface area contributed by atoms with Gasteiger partial charge in [0.1, 0.15) is 11.6 Å². The number of alkyl halides is 2. The third-order valence-electron chi connectivity index (χ3n) is 1.44. The Balaban J connectivity index is 3.41. The first-order valence-corrected chi connectivity index (χ1v) is 3.21. The van der Waals surface area contributed by atoms with E-state index in [9.17, 15) is 17.6 Å². The van der Waals surface area contributed by atoms with E-state index in [2.05, 4.69) is 4.85 Å². The molecular formula is C8H3F4N. The summed E-state index contributed by atoms with van der Waals surface area (Å²) in [4.78, 5) is 2.63. The van der Waals surface area contributed by atoms with Gasteiger partial charge in [-0.25, -0.2) is 22.4 Å². The van der Waals surface area contributed by atoms with Gasteiger partial charge in [-0.05, 0) is 6.07 Å². The molecule has 0 spiro atoms. The van der Waals surface area contributed by atoms with Crippen molar-refractivity contribution in [2.75, 3.05) is 0 Å². The minimum absolute atomic E-state index is 0.600. The number of benzene rings is 1. The maximum absolute atomic E-state index is 12.9. The average molecular weight is 189 g/mol. The summed E-state index contributed by atoms with van der Waals surface area (Å²) in [5.41, 5.74) is -1.94. The van der Waals surface area contributed by atoms with Gasteiger partial charge in [-0.1, -0.05) is 6.07 Å². The second-order valence-electron chi connectivity index (χ2n) is 2.21. The van der Waals surface area contributed by atoms with E-state index >= 15 is 0 Å². The van der Waals surface area contributed by atoms with E-state index in [-0.39, 0.29) is 0 Å². The quantitative estimate of drug-likeness (QED) is 0.470. The Labute approximate surface area is 71.4 Å². The van der Waals surface area contributed by atoms with Crippen LogP contribution in [0.3, 0.4) is 0 Å². The summed E-state index contributed by atoms with van der Waals surface area (Å²) >= 11 is 0. The summed E-state index contributed by atoms with van der Waals surface area (Å²) < 4.78 is 49.5. The summed E-state index contributed by atoms with van der Waals surface area (Å²) in [6.07, 6.45) is -3.25. The molecule has 1 rings (SSSR count). The smallest absolute Gasteiger partial charge is 0.235 e. The van der Waals surface area contributed by atoms with E-state index in [4.69, 9.17) is 6.57 Å². The van der Waals surface area contributed by atoms with Crippen molar-refractivity contribution in [3.8, 4) is 0 Å². The Morgan fingerprint density at radius 3 is 2.31 bits per heavy atom. The number of nitrogens with zero attached hydrogens (tertiary/aromatic N) is 1. The van der Waals surface area contributed by atoms with Gasteiger partial charge in [0.25, 0.3) is 6.43 Å². The molecule has 68 valence electrons. The number of hydrogen-bond donors (Lipinski definition) is 0. The fraction of sp³-hybridized carbons (Fsp3) is 0.125. The van der Waals surface area contributed by atoms with Gasteiger partial charge in [0.2, 0.25) is 5.69 Å². The van der Waals surface area contributed by atoms with Crippen LogP contribution in [0.25, 0.3) is 4.85 Å². The molecule has 0 aliphatic carbocycles. The van der Waals surface area contributed by atoms with Crippen LogP contribution in [0, 0.1) is 18.2 Å². The fourth-order valence-electron chi connectivity index (χ4n) is 0.844. The van der Waals surface area contributed by atoms with Gasteiger partial charge in [-0.15, -0.1) is 0 Å². The lowest BCUT2D eigenvalue weighted by Gasteiger charge is -2.03. The third kappa shape index (κ3) is 1.61. The summed E-state index contributed by atoms with van der Waals surface area (Å²) in [6.45, 7) is 6.41. The molecule has 1 aromatic rings. The fourth-order valence-corrected chi connectivity index (χ4v) is 0.844. The second kappa shape index (κ2) is 3.44. The molecular weight excluding hydrogens is 186 g/mol. The molecule has 0 saturated carbocycles. The van der Waals surface area contributed by atoms with Gasteiger partial charge < -0.3 is 0 Å². The first-order chi connectivity index (χ1) is 6.07. The molecule has 0 N–H and O–H groups in total. The molecule has 1 nitrogen and oxygen atoms in total. The van der Waals surface area contributed by atoms with Crippen molar-refractivity contribution in [3.63, 3.8) is 0 Å². The molecule has 0 aliphatic rings. The van der Waals surface area contributed by atoms with E-state index in [1.807, 2.05) is 0 Å². The van der Waals surface area contributed by atoms with Gasteiger partial charge in [-0.2, -0.15) is 0 Å². The van der Waals surface area contributed by atoms with Gasteiger partial charge in [0.05, 0.1) is 12.1 Å². The summed E-state index contributed by atoms with van der Waals surface area (Å²) in [5, 5.41) is 0. The highest BCUT2D eigenvalue weighted by Crippen LogP contribution is 2.30. The van der Waals surface area contributed by atoms with Crippen molar-refractivity contribution in [2.24, 2.45) is 0 Å². The molecule has 0 heterocycles. The third-order valence-corrected chi connectivity index (χ3v) is 1.44. The molecule has 0 fully saturated rings. The molecule has 13 heavy (non-hydrogen) atoms. The predicted octanol–water partition coefficient (Wildman–Crippen LogP) is 3.45. The van der Waals surface area contributed by atoms with Crippen molar-refractivity contribution in [3.05, 3.63) is 40.7 Å². The van der Waals surface area contributed by atoms with Crippen molar-refractivity contribution in [1.82, 2.24) is 0 Å². The molecule has 0 unspecified atom stereocenters. The van der Waals surface area contributed by atoms with Gasteiger partial charge in [0.15, 0.2) is 0 Å². The van der Waals surface area contributed by atoms with Crippen LogP contribution >= 0.6 is 0 Å². The van der Waals surface area contributed by atoms with Crippen LogP contribution in [-0.2, 0) is 0 Å². The largest absolute Gasteiger partial charge is 0.268 e. The molecule has 0 bridgehead atoms. The van der Waals surface area contributed by atoms with Crippen LogP contribution < -0.4 is 0 Å². The van der Waals surface area contributed by atoms with Crippen LogP contribution in [0.2, 0.25) is 0 Å². The normalized spacial score (nSPS) is 10.2. The zero-order valence-corrected chi connectivity index (χ0v) is 6.19. The minimum Gasteiger partial charge on any atom is -0.235 e. The van der Waals surface area contributed by atoms with Gasteiger partial charge >= 0.3 is 0 Å². The minimum atomic E-state index is -3.25. The van der Waals surface area contributed by atoms with E-state index in [0.717, 1.165) is 6.07 Å². The van der Waals surface area contributed by atoms with Gasteiger partial charge in [0, 0.05) is 0 Å². The van der Waals surface area contributed by atoms with Crippen LogP contribution in [0.1, 0.15) is 12.0 Å². The summed E-state index contributed by atoms with van der Waals surface area (Å²) in [7, 11) is 0. The Bertz CT molecular complexity index is 367. The molecule has 0 aromatic heterocycles. The molecule has 0 atom stereocenters. The lowest BCUT2D eigenvalue weighted by Crippen LogP contribution is -1.95. The Hall–Kier alpha value is -1.57. The lowest BCUT2D eigenvalue weighted by atomic mass is 10.2. The highest BCUT2D eigenvalue weighted by Gasteiger charge is 2.21. The maximum Gasteiger partial charge on any atom is 0.268 e. The number of rotatable bonds is 1. The molecule has 0 amide bonds. The number of halogens is 4. The van der Waals surface area contributed by atoms with Crippen LogP contribution in [0.5, 0.6) is 0 Å². The molecule has 0 aliphatic heterocycles. The summed E-state index contributed by atoms with van der Waals surface area (Å²) in [6, 6.07) is 1.47. The molecule has 0 radical (unpaired) electrons. The molecule has 0 saturated heterocycles. The first kappa shape index (κ1) is 9.52. The highest BCUT2D eigenvalue weighted by molar-refractivity contribution is 5.49. The van der Waals surface area contributed by atoms with E-state index in [1.54, 1.807) is 0 Å². The SMILES string of the molecule is [C-]#[N+]c1ccc(F)c(C(F)F)c1F. The topological polar surface area (TPSA) is 4.36 Å². The lowest BCUT2D eigenvalue weighted by molar-refractivity contribution is 0.141. The van der Waals surface area contributed by atoms with Crippen molar-refractivity contribution in [2.45, 2.75) is 6.43 Å². The number of hydrogen-bond acceptors (Lipinski definition) is 0. The van der Waals surface area contributed by atoms with Crippen LogP contribution in [0.4, 0.5) is 23.2 Å². The summed E-state index contributed by atoms with van der Waals surface area (Å²) in [5.74, 6) is -2.81. The average Bonchev–Trinajstić information content (AvgIpc) is 2.04. The van der Waals surface area contributed by atoms with E-state index in [0.29, 0.717) is 6.07 Å². The predicted molar refractivity (Wildman–Crippen MR) is 37.6 cm³/mol. The van der Waals surface area contributed by atoms with Gasteiger partial charge in [-0.3, -0.25) is 0 Å². The van der Waals surface area contributed by atoms with Crippen LogP contribution in [0.15, 0.2) is 12.1 Å². The Kier molecular flexibility index (Phi) is 2.52. The van der Waals surface area contributed by atoms with Crippen LogP contribution in [-0.4, -0.2) is 0 Å². The van der Waals surface area contributed by atoms with E-state index in [1.165, 1.54) is 0 Å². The van der Waals surface area contributed by atoms with E-state index < -0.39 is 29.3 Å². The monoisotopic (exact) mass is 189 g/mol. The highest BCUT2D eigenvalue weighted by atomic mass is 19.3. The maximum atomic E-state index is 12.9. The zero-order valence-electron chi connectivity index (χ0n) is 6.19. The zero-order chi connectivity index (χ0) is 10.0.